The van der Waals surface area contributed by atoms with Crippen LogP contribution in [-0.2, 0) is 4.79 Å². The second-order valence-electron chi connectivity index (χ2n) is 6.11. The summed E-state index contributed by atoms with van der Waals surface area (Å²) in [6.45, 7) is 12.5. The van der Waals surface area contributed by atoms with E-state index in [0.717, 1.165) is 26.2 Å². The fraction of sp³-hybridized carbons (Fsp3) is 0.929. The summed E-state index contributed by atoms with van der Waals surface area (Å²) in [4.78, 5) is 16.2. The van der Waals surface area contributed by atoms with E-state index in [-0.39, 0.29) is 6.04 Å². The van der Waals surface area contributed by atoms with Crippen LogP contribution in [0.2, 0.25) is 0 Å². The van der Waals surface area contributed by atoms with E-state index in [9.17, 15) is 9.90 Å². The molecule has 0 aromatic heterocycles. The van der Waals surface area contributed by atoms with Gasteiger partial charge in [-0.3, -0.25) is 14.6 Å². The summed E-state index contributed by atoms with van der Waals surface area (Å²) in [5, 5.41) is 12.2. The molecule has 0 aliphatic carbocycles. The summed E-state index contributed by atoms with van der Waals surface area (Å²) in [6.07, 6.45) is 0.626. The Kier molecular flexibility index (Phi) is 5.77. The minimum absolute atomic E-state index is 0.280. The van der Waals surface area contributed by atoms with Crippen LogP contribution in [-0.4, -0.2) is 71.7 Å². The van der Waals surface area contributed by atoms with Crippen molar-refractivity contribution >= 4 is 5.97 Å². The van der Waals surface area contributed by atoms with Gasteiger partial charge >= 0.3 is 5.97 Å². The summed E-state index contributed by atoms with van der Waals surface area (Å²) in [5.41, 5.74) is -0.839. The zero-order valence-corrected chi connectivity index (χ0v) is 12.9. The molecule has 112 valence electrons. The molecule has 2 N–H and O–H groups in total. The highest BCUT2D eigenvalue weighted by Gasteiger charge is 2.35. The maximum absolute atomic E-state index is 11.3. The lowest BCUT2D eigenvalue weighted by atomic mass is 9.93. The number of aliphatic carboxylic acids is 1. The van der Waals surface area contributed by atoms with Crippen molar-refractivity contribution in [3.8, 4) is 0 Å². The molecule has 1 fully saturated rings. The average molecular weight is 271 g/mol. The van der Waals surface area contributed by atoms with Crippen LogP contribution in [0.3, 0.4) is 0 Å². The van der Waals surface area contributed by atoms with Gasteiger partial charge in [0.15, 0.2) is 0 Å². The number of carbonyl (C=O) groups is 1. The zero-order chi connectivity index (χ0) is 14.6. The number of rotatable bonds is 6. The third kappa shape index (κ3) is 4.16. The molecule has 0 saturated carbocycles. The summed E-state index contributed by atoms with van der Waals surface area (Å²) in [6, 6.07) is 0.877. The lowest BCUT2D eigenvalue weighted by Crippen LogP contribution is -2.56. The number of hydrogen-bond donors (Lipinski definition) is 2. The van der Waals surface area contributed by atoms with Gasteiger partial charge in [0.05, 0.1) is 0 Å². The van der Waals surface area contributed by atoms with E-state index in [1.165, 1.54) is 0 Å². The first-order valence-corrected chi connectivity index (χ1v) is 7.20. The van der Waals surface area contributed by atoms with Crippen LogP contribution in [0.5, 0.6) is 0 Å². The Morgan fingerprint density at radius 2 is 1.68 bits per heavy atom. The van der Waals surface area contributed by atoms with E-state index >= 15 is 0 Å². The predicted octanol–water partition coefficient (Wildman–Crippen LogP) is 0.854. The van der Waals surface area contributed by atoms with E-state index in [0.29, 0.717) is 12.5 Å². The summed E-state index contributed by atoms with van der Waals surface area (Å²) in [5.74, 6) is -0.775. The van der Waals surface area contributed by atoms with E-state index in [1.54, 1.807) is 14.0 Å². The number of nitrogens with zero attached hydrogens (tertiary/aromatic N) is 2. The Hall–Kier alpha value is -0.650. The molecule has 0 bridgehead atoms. The minimum atomic E-state index is -0.839. The van der Waals surface area contributed by atoms with Crippen molar-refractivity contribution in [3.63, 3.8) is 0 Å². The maximum Gasteiger partial charge on any atom is 0.323 e. The van der Waals surface area contributed by atoms with Crippen molar-refractivity contribution in [2.45, 2.75) is 51.7 Å². The molecule has 0 amide bonds. The van der Waals surface area contributed by atoms with Gasteiger partial charge in [0, 0.05) is 38.3 Å². The SMILES string of the molecule is CNC(C)(CC(C)N1CCN(C(C)C)CC1)C(=O)O. The standard InChI is InChI=1S/C14H29N3O2/c1-11(2)16-6-8-17(9-7-16)12(3)10-14(4,15-5)13(18)19/h11-12,15H,6-10H2,1-5H3,(H,18,19). The second-order valence-corrected chi connectivity index (χ2v) is 6.11. The Morgan fingerprint density at radius 3 is 2.05 bits per heavy atom. The molecule has 2 unspecified atom stereocenters. The third-order valence-electron chi connectivity index (χ3n) is 4.43. The predicted molar refractivity (Wildman–Crippen MR) is 77.5 cm³/mol. The summed E-state index contributed by atoms with van der Waals surface area (Å²) < 4.78 is 0. The number of carboxylic acid groups (broad SMARTS) is 1. The van der Waals surface area contributed by atoms with Gasteiger partial charge in [0.25, 0.3) is 0 Å². The van der Waals surface area contributed by atoms with Crippen LogP contribution >= 0.6 is 0 Å². The van der Waals surface area contributed by atoms with Crippen LogP contribution in [0.15, 0.2) is 0 Å². The monoisotopic (exact) mass is 271 g/mol. The molecule has 1 aliphatic rings. The highest BCUT2D eigenvalue weighted by Crippen LogP contribution is 2.18. The van der Waals surface area contributed by atoms with Crippen LogP contribution in [0.4, 0.5) is 0 Å². The Morgan fingerprint density at radius 1 is 1.21 bits per heavy atom. The van der Waals surface area contributed by atoms with E-state index in [2.05, 4.69) is 35.9 Å². The topological polar surface area (TPSA) is 55.8 Å². The molecular weight excluding hydrogens is 242 g/mol. The molecule has 1 rings (SSSR count). The first kappa shape index (κ1) is 16.4. The van der Waals surface area contributed by atoms with E-state index in [1.807, 2.05) is 0 Å². The number of carboxylic acids is 1. The molecule has 19 heavy (non-hydrogen) atoms. The number of hydrogen-bond acceptors (Lipinski definition) is 4. The molecule has 1 aliphatic heterocycles. The van der Waals surface area contributed by atoms with Crippen molar-refractivity contribution in [1.82, 2.24) is 15.1 Å². The number of likely N-dealkylation sites (N-methyl/N-ethyl adjacent to an activating group) is 1. The second kappa shape index (κ2) is 6.68. The smallest absolute Gasteiger partial charge is 0.323 e. The van der Waals surface area contributed by atoms with Crippen LogP contribution in [0.1, 0.15) is 34.1 Å². The molecule has 0 aromatic rings. The molecule has 1 saturated heterocycles. The summed E-state index contributed by atoms with van der Waals surface area (Å²) >= 11 is 0. The largest absolute Gasteiger partial charge is 0.480 e. The molecule has 0 radical (unpaired) electrons. The van der Waals surface area contributed by atoms with Crippen molar-refractivity contribution < 1.29 is 9.90 Å². The lowest BCUT2D eigenvalue weighted by Gasteiger charge is -2.41. The first-order chi connectivity index (χ1) is 8.80. The van der Waals surface area contributed by atoms with Gasteiger partial charge in [-0.15, -0.1) is 0 Å². The fourth-order valence-corrected chi connectivity index (χ4v) is 2.71. The van der Waals surface area contributed by atoms with Gasteiger partial charge in [-0.2, -0.15) is 0 Å². The Bertz CT molecular complexity index is 301. The number of nitrogens with one attached hydrogen (secondary N) is 1. The van der Waals surface area contributed by atoms with Gasteiger partial charge in [-0.25, -0.2) is 0 Å². The number of piperazine rings is 1. The molecular formula is C14H29N3O2. The van der Waals surface area contributed by atoms with E-state index < -0.39 is 11.5 Å². The van der Waals surface area contributed by atoms with E-state index in [4.69, 9.17) is 0 Å². The Balaban J connectivity index is 2.51. The van der Waals surface area contributed by atoms with Gasteiger partial charge in [0.2, 0.25) is 0 Å². The molecule has 0 aromatic carbocycles. The molecule has 5 nitrogen and oxygen atoms in total. The van der Waals surface area contributed by atoms with Gasteiger partial charge < -0.3 is 10.4 Å². The van der Waals surface area contributed by atoms with Crippen molar-refractivity contribution in [1.29, 1.82) is 0 Å². The first-order valence-electron chi connectivity index (χ1n) is 7.20. The van der Waals surface area contributed by atoms with Gasteiger partial charge in [-0.1, -0.05) is 0 Å². The minimum Gasteiger partial charge on any atom is -0.480 e. The molecule has 5 heteroatoms. The van der Waals surface area contributed by atoms with Crippen LogP contribution in [0.25, 0.3) is 0 Å². The van der Waals surface area contributed by atoms with Gasteiger partial charge in [-0.05, 0) is 41.2 Å². The highest BCUT2D eigenvalue weighted by atomic mass is 16.4. The fourth-order valence-electron chi connectivity index (χ4n) is 2.71. The average Bonchev–Trinajstić information content (AvgIpc) is 2.38. The lowest BCUT2D eigenvalue weighted by molar-refractivity contribution is -0.144. The normalized spacial score (nSPS) is 23.3. The van der Waals surface area contributed by atoms with Crippen LogP contribution in [0, 0.1) is 0 Å². The van der Waals surface area contributed by atoms with Crippen molar-refractivity contribution in [3.05, 3.63) is 0 Å². The molecule has 0 spiro atoms. The summed E-state index contributed by atoms with van der Waals surface area (Å²) in [7, 11) is 1.72. The van der Waals surface area contributed by atoms with Crippen molar-refractivity contribution in [2.24, 2.45) is 0 Å². The maximum atomic E-state index is 11.3. The molecule has 1 heterocycles. The van der Waals surface area contributed by atoms with Gasteiger partial charge in [0.1, 0.15) is 5.54 Å². The van der Waals surface area contributed by atoms with Crippen LogP contribution < -0.4 is 5.32 Å². The van der Waals surface area contributed by atoms with Crippen molar-refractivity contribution in [2.75, 3.05) is 33.2 Å². The highest BCUT2D eigenvalue weighted by molar-refractivity contribution is 5.78. The quantitative estimate of drug-likeness (QED) is 0.750. The Labute approximate surface area is 117 Å². The third-order valence-corrected chi connectivity index (χ3v) is 4.43. The molecule has 2 atom stereocenters. The zero-order valence-electron chi connectivity index (χ0n) is 12.9.